The molecule has 0 saturated carbocycles. The fourth-order valence-corrected chi connectivity index (χ4v) is 5.50. The molecule has 3 N–H and O–H groups in total. The quantitative estimate of drug-likeness (QED) is 0.357. The van der Waals surface area contributed by atoms with E-state index in [1.54, 1.807) is 18.5 Å². The van der Waals surface area contributed by atoms with Crippen molar-refractivity contribution in [2.75, 3.05) is 39.5 Å². The fraction of sp³-hybridized carbons (Fsp3) is 0.571. The fourth-order valence-electron chi connectivity index (χ4n) is 5.50. The first-order valence-corrected chi connectivity index (χ1v) is 13.6. The SMILES string of the molecule is CCCCN(CCCCN)C(=O)CN1C[C@H](c2ccc3c(c2)OCO3)[C@@H](C(=O)O)[C@@H]1CCc1ncccn1. The zero-order valence-corrected chi connectivity index (χ0v) is 22.1. The molecule has 1 aromatic carbocycles. The molecule has 1 fully saturated rings. The van der Waals surface area contributed by atoms with Crippen LogP contribution in [0.1, 0.15) is 56.3 Å². The number of likely N-dealkylation sites (tertiary alicyclic amines) is 1. The van der Waals surface area contributed by atoms with Crippen molar-refractivity contribution in [2.45, 2.75) is 57.4 Å². The van der Waals surface area contributed by atoms with E-state index < -0.39 is 11.9 Å². The highest BCUT2D eigenvalue weighted by atomic mass is 16.7. The molecule has 1 aromatic heterocycles. The molecule has 38 heavy (non-hydrogen) atoms. The van der Waals surface area contributed by atoms with E-state index in [2.05, 4.69) is 21.8 Å². The molecule has 10 nitrogen and oxygen atoms in total. The van der Waals surface area contributed by atoms with E-state index in [-0.39, 0.29) is 31.2 Å². The van der Waals surface area contributed by atoms with Crippen LogP contribution in [0.25, 0.3) is 0 Å². The Hall–Kier alpha value is -3.24. The second-order valence-electron chi connectivity index (χ2n) is 10.0. The predicted octanol–water partition coefficient (Wildman–Crippen LogP) is 2.67. The zero-order valence-electron chi connectivity index (χ0n) is 22.1. The van der Waals surface area contributed by atoms with Gasteiger partial charge < -0.3 is 25.2 Å². The van der Waals surface area contributed by atoms with Gasteiger partial charge in [0, 0.05) is 50.4 Å². The summed E-state index contributed by atoms with van der Waals surface area (Å²) in [4.78, 5) is 38.9. The Morgan fingerprint density at radius 1 is 1.13 bits per heavy atom. The molecule has 2 aromatic rings. The van der Waals surface area contributed by atoms with Crippen LogP contribution in [0.5, 0.6) is 11.5 Å². The molecule has 0 unspecified atom stereocenters. The van der Waals surface area contributed by atoms with E-state index in [0.29, 0.717) is 56.3 Å². The summed E-state index contributed by atoms with van der Waals surface area (Å²) >= 11 is 0. The van der Waals surface area contributed by atoms with Gasteiger partial charge in [0.1, 0.15) is 5.82 Å². The molecule has 0 bridgehead atoms. The number of amides is 1. The second kappa shape index (κ2) is 13.5. The number of aryl methyl sites for hydroxylation is 1. The van der Waals surface area contributed by atoms with Crippen LogP contribution in [-0.2, 0) is 16.0 Å². The minimum Gasteiger partial charge on any atom is -0.481 e. The predicted molar refractivity (Wildman–Crippen MR) is 142 cm³/mol. The van der Waals surface area contributed by atoms with E-state index in [9.17, 15) is 14.7 Å². The van der Waals surface area contributed by atoms with Gasteiger partial charge in [0.25, 0.3) is 0 Å². The van der Waals surface area contributed by atoms with Gasteiger partial charge in [-0.3, -0.25) is 14.5 Å². The van der Waals surface area contributed by atoms with Crippen molar-refractivity contribution in [1.29, 1.82) is 0 Å². The van der Waals surface area contributed by atoms with Crippen LogP contribution in [0, 0.1) is 5.92 Å². The Kier molecular flexibility index (Phi) is 9.89. The molecule has 1 amide bonds. The van der Waals surface area contributed by atoms with Crippen molar-refractivity contribution in [3.8, 4) is 11.5 Å². The normalized spacial score (nSPS) is 20.5. The summed E-state index contributed by atoms with van der Waals surface area (Å²) in [6, 6.07) is 7.05. The molecule has 0 spiro atoms. The number of unbranched alkanes of at least 4 members (excludes halogenated alkanes) is 2. The maximum atomic E-state index is 13.5. The summed E-state index contributed by atoms with van der Waals surface area (Å²) in [5.41, 5.74) is 6.55. The first-order valence-electron chi connectivity index (χ1n) is 13.6. The van der Waals surface area contributed by atoms with Crippen LogP contribution >= 0.6 is 0 Å². The van der Waals surface area contributed by atoms with Crippen molar-refractivity contribution in [1.82, 2.24) is 19.8 Å². The van der Waals surface area contributed by atoms with Crippen molar-refractivity contribution in [3.05, 3.63) is 48.0 Å². The molecule has 0 radical (unpaired) electrons. The highest BCUT2D eigenvalue weighted by Gasteiger charge is 2.47. The number of carboxylic acid groups (broad SMARTS) is 1. The van der Waals surface area contributed by atoms with Gasteiger partial charge in [-0.25, -0.2) is 9.97 Å². The lowest BCUT2D eigenvalue weighted by molar-refractivity contribution is -0.143. The lowest BCUT2D eigenvalue weighted by atomic mass is 9.83. The number of nitrogens with two attached hydrogens (primary N) is 1. The summed E-state index contributed by atoms with van der Waals surface area (Å²) < 4.78 is 11.0. The number of rotatable bonds is 14. The van der Waals surface area contributed by atoms with Crippen molar-refractivity contribution in [2.24, 2.45) is 11.7 Å². The van der Waals surface area contributed by atoms with Crippen molar-refractivity contribution < 1.29 is 24.2 Å². The number of benzene rings is 1. The number of hydrogen-bond donors (Lipinski definition) is 2. The number of ether oxygens (including phenoxy) is 2. The molecule has 4 rings (SSSR count). The van der Waals surface area contributed by atoms with Gasteiger partial charge in [-0.05, 0) is 56.0 Å². The highest BCUT2D eigenvalue weighted by Crippen LogP contribution is 2.42. The maximum absolute atomic E-state index is 13.5. The average Bonchev–Trinajstić information content (AvgIpc) is 3.54. The third kappa shape index (κ3) is 6.79. The second-order valence-corrected chi connectivity index (χ2v) is 10.0. The van der Waals surface area contributed by atoms with Crippen LogP contribution in [0.2, 0.25) is 0 Å². The van der Waals surface area contributed by atoms with Crippen molar-refractivity contribution >= 4 is 11.9 Å². The number of fused-ring (bicyclic) bond motifs is 1. The van der Waals surface area contributed by atoms with Crippen LogP contribution in [0.15, 0.2) is 36.7 Å². The number of carbonyl (C=O) groups is 2. The Balaban J connectivity index is 1.57. The van der Waals surface area contributed by atoms with E-state index in [1.807, 2.05) is 23.1 Å². The average molecular weight is 526 g/mol. The summed E-state index contributed by atoms with van der Waals surface area (Å²) in [5.74, 6) is 0.139. The van der Waals surface area contributed by atoms with Gasteiger partial charge in [-0.1, -0.05) is 19.4 Å². The summed E-state index contributed by atoms with van der Waals surface area (Å²) in [7, 11) is 0. The third-order valence-corrected chi connectivity index (χ3v) is 7.50. The zero-order chi connectivity index (χ0) is 26.9. The summed E-state index contributed by atoms with van der Waals surface area (Å²) in [6.07, 6.45) is 8.11. The maximum Gasteiger partial charge on any atom is 0.308 e. The third-order valence-electron chi connectivity index (χ3n) is 7.50. The first-order chi connectivity index (χ1) is 18.5. The van der Waals surface area contributed by atoms with Gasteiger partial charge in [-0.2, -0.15) is 0 Å². The molecule has 1 saturated heterocycles. The standard InChI is InChI=1S/C28H39N5O5/c1-2-3-14-32(15-5-4-11-29)26(34)18-33-17-21(20-7-9-23-24(16-20)38-19-37-23)27(28(35)36)22(33)8-10-25-30-12-6-13-31-25/h6-7,9,12-13,16,21-22,27H,2-5,8,10-11,14-15,17-19,29H2,1H3,(H,35,36)/t21-,22+,27-/m1/s1. The monoisotopic (exact) mass is 525 g/mol. The van der Waals surface area contributed by atoms with Gasteiger partial charge in [0.05, 0.1) is 12.5 Å². The number of carboxylic acids is 1. The Morgan fingerprint density at radius 3 is 2.63 bits per heavy atom. The van der Waals surface area contributed by atoms with Gasteiger partial charge in [-0.15, -0.1) is 0 Å². The van der Waals surface area contributed by atoms with Crippen LogP contribution in [0.4, 0.5) is 0 Å². The van der Waals surface area contributed by atoms with Gasteiger partial charge >= 0.3 is 5.97 Å². The number of carbonyl (C=O) groups excluding carboxylic acids is 1. The molecular formula is C28H39N5O5. The lowest BCUT2D eigenvalue weighted by Gasteiger charge is -2.29. The minimum absolute atomic E-state index is 0.0342. The largest absolute Gasteiger partial charge is 0.481 e. The van der Waals surface area contributed by atoms with Crippen molar-refractivity contribution in [3.63, 3.8) is 0 Å². The molecule has 2 aliphatic rings. The van der Waals surface area contributed by atoms with Gasteiger partial charge in [0.15, 0.2) is 11.5 Å². The molecule has 3 atom stereocenters. The van der Waals surface area contributed by atoms with E-state index in [4.69, 9.17) is 15.2 Å². The first kappa shape index (κ1) is 27.8. The Morgan fingerprint density at radius 2 is 1.89 bits per heavy atom. The molecular weight excluding hydrogens is 486 g/mol. The van der Waals surface area contributed by atoms with E-state index in [0.717, 1.165) is 31.2 Å². The van der Waals surface area contributed by atoms with E-state index >= 15 is 0 Å². The number of nitrogens with zero attached hydrogens (tertiary/aromatic N) is 4. The minimum atomic E-state index is -0.868. The number of hydrogen-bond acceptors (Lipinski definition) is 8. The van der Waals surface area contributed by atoms with Crippen LogP contribution < -0.4 is 15.2 Å². The highest BCUT2D eigenvalue weighted by molar-refractivity contribution is 5.79. The lowest BCUT2D eigenvalue weighted by Crippen LogP contribution is -2.45. The molecule has 3 heterocycles. The summed E-state index contributed by atoms with van der Waals surface area (Å²) in [5, 5.41) is 10.4. The molecule has 2 aliphatic heterocycles. The topological polar surface area (TPSA) is 131 Å². The van der Waals surface area contributed by atoms with E-state index in [1.165, 1.54) is 0 Å². The molecule has 206 valence electrons. The number of aromatic nitrogens is 2. The Labute approximate surface area is 224 Å². The number of aliphatic carboxylic acids is 1. The van der Waals surface area contributed by atoms with Crippen LogP contribution in [-0.4, -0.2) is 82.3 Å². The van der Waals surface area contributed by atoms with Crippen LogP contribution in [0.3, 0.4) is 0 Å². The summed E-state index contributed by atoms with van der Waals surface area (Å²) in [6.45, 7) is 4.88. The molecule has 10 heteroatoms. The Bertz CT molecular complexity index is 1070. The smallest absolute Gasteiger partial charge is 0.308 e. The van der Waals surface area contributed by atoms with Gasteiger partial charge in [0.2, 0.25) is 12.7 Å². The molecule has 0 aliphatic carbocycles.